The topological polar surface area (TPSA) is 49.4 Å². The van der Waals surface area contributed by atoms with E-state index in [0.717, 1.165) is 17.7 Å². The van der Waals surface area contributed by atoms with Crippen molar-refractivity contribution in [2.45, 2.75) is 39.7 Å². The highest BCUT2D eigenvalue weighted by molar-refractivity contribution is 6.30. The number of aryl methyl sites for hydroxylation is 1. The average molecular weight is 309 g/mol. The Hall–Kier alpha value is -1.55. The molecular formula is C16H21ClN2O2. The molecule has 4 nitrogen and oxygen atoms in total. The van der Waals surface area contributed by atoms with Gasteiger partial charge in [0, 0.05) is 23.3 Å². The van der Waals surface area contributed by atoms with Gasteiger partial charge in [-0.1, -0.05) is 18.5 Å². The zero-order valence-electron chi connectivity index (χ0n) is 12.6. The van der Waals surface area contributed by atoms with E-state index in [1.54, 1.807) is 11.0 Å². The fraction of sp³-hybridized carbons (Fsp3) is 0.500. The van der Waals surface area contributed by atoms with Crippen LogP contribution in [0.1, 0.15) is 32.3 Å². The van der Waals surface area contributed by atoms with Gasteiger partial charge >= 0.3 is 0 Å². The summed E-state index contributed by atoms with van der Waals surface area (Å²) in [5.41, 5.74) is 1.78. The first-order valence-corrected chi connectivity index (χ1v) is 7.69. The highest BCUT2D eigenvalue weighted by Crippen LogP contribution is 2.29. The van der Waals surface area contributed by atoms with Crippen molar-refractivity contribution in [2.75, 3.05) is 11.4 Å². The normalized spacial score (nSPS) is 19.7. The van der Waals surface area contributed by atoms with Gasteiger partial charge in [0.1, 0.15) is 5.92 Å². The largest absolute Gasteiger partial charge is 0.353 e. The lowest BCUT2D eigenvalue weighted by atomic mass is 10.1. The molecule has 1 aliphatic heterocycles. The SMILES string of the molecule is CCC(C)NC(=O)C1CCN(c2ccc(Cl)cc2C)C1=O. The third kappa shape index (κ3) is 3.38. The van der Waals surface area contributed by atoms with Crippen molar-refractivity contribution >= 4 is 29.1 Å². The Labute approximate surface area is 130 Å². The first-order chi connectivity index (χ1) is 9.93. The van der Waals surface area contributed by atoms with Gasteiger partial charge in [0.05, 0.1) is 0 Å². The molecule has 0 radical (unpaired) electrons. The summed E-state index contributed by atoms with van der Waals surface area (Å²) < 4.78 is 0. The number of hydrogen-bond acceptors (Lipinski definition) is 2. The molecule has 2 rings (SSSR count). The molecule has 1 fully saturated rings. The third-order valence-electron chi connectivity index (χ3n) is 3.97. The number of nitrogens with one attached hydrogen (secondary N) is 1. The van der Waals surface area contributed by atoms with Gasteiger partial charge < -0.3 is 10.2 Å². The highest BCUT2D eigenvalue weighted by atomic mass is 35.5. The lowest BCUT2D eigenvalue weighted by Crippen LogP contribution is -2.40. The lowest BCUT2D eigenvalue weighted by molar-refractivity contribution is -0.132. The van der Waals surface area contributed by atoms with Crippen molar-refractivity contribution in [3.63, 3.8) is 0 Å². The molecule has 114 valence electrons. The summed E-state index contributed by atoms with van der Waals surface area (Å²) in [7, 11) is 0. The molecule has 1 aliphatic rings. The maximum Gasteiger partial charge on any atom is 0.239 e. The summed E-state index contributed by atoms with van der Waals surface area (Å²) in [6.07, 6.45) is 1.41. The van der Waals surface area contributed by atoms with E-state index in [2.05, 4.69) is 5.32 Å². The average Bonchev–Trinajstić information content (AvgIpc) is 2.80. The molecule has 1 aromatic carbocycles. The van der Waals surface area contributed by atoms with E-state index in [4.69, 9.17) is 11.6 Å². The van der Waals surface area contributed by atoms with E-state index in [-0.39, 0.29) is 17.9 Å². The van der Waals surface area contributed by atoms with Crippen LogP contribution in [0.4, 0.5) is 5.69 Å². The predicted octanol–water partition coefficient (Wildman–Crippen LogP) is 2.92. The second-order valence-corrected chi connectivity index (χ2v) is 6.02. The van der Waals surface area contributed by atoms with Gasteiger partial charge in [0.25, 0.3) is 0 Å². The summed E-state index contributed by atoms with van der Waals surface area (Å²) in [5, 5.41) is 3.54. The van der Waals surface area contributed by atoms with E-state index in [0.29, 0.717) is 18.0 Å². The maximum atomic E-state index is 12.5. The van der Waals surface area contributed by atoms with Gasteiger partial charge in [0.15, 0.2) is 0 Å². The Balaban J connectivity index is 2.13. The van der Waals surface area contributed by atoms with Crippen molar-refractivity contribution in [3.8, 4) is 0 Å². The number of hydrogen-bond donors (Lipinski definition) is 1. The first kappa shape index (κ1) is 15.8. The number of carbonyl (C=O) groups is 2. The number of carbonyl (C=O) groups excluding carboxylic acids is 2. The van der Waals surface area contributed by atoms with E-state index in [9.17, 15) is 9.59 Å². The molecule has 1 N–H and O–H groups in total. The van der Waals surface area contributed by atoms with Crippen LogP contribution in [0.5, 0.6) is 0 Å². The van der Waals surface area contributed by atoms with Crippen molar-refractivity contribution in [1.29, 1.82) is 0 Å². The Kier molecular flexibility index (Phi) is 4.88. The second kappa shape index (κ2) is 6.48. The van der Waals surface area contributed by atoms with Gasteiger partial charge in [-0.2, -0.15) is 0 Å². The number of anilines is 1. The number of rotatable bonds is 4. The van der Waals surface area contributed by atoms with Gasteiger partial charge in [0.2, 0.25) is 11.8 Å². The van der Waals surface area contributed by atoms with Gasteiger partial charge in [-0.05, 0) is 50.5 Å². The Morgan fingerprint density at radius 1 is 1.52 bits per heavy atom. The standard InChI is InChI=1S/C16H21ClN2O2/c1-4-11(3)18-15(20)13-7-8-19(16(13)21)14-6-5-12(17)9-10(14)2/h5-6,9,11,13H,4,7-8H2,1-3H3,(H,18,20). The fourth-order valence-electron chi connectivity index (χ4n) is 2.53. The summed E-state index contributed by atoms with van der Waals surface area (Å²) in [6, 6.07) is 5.53. The van der Waals surface area contributed by atoms with Gasteiger partial charge in [-0.25, -0.2) is 0 Å². The predicted molar refractivity (Wildman–Crippen MR) is 84.5 cm³/mol. The number of amides is 2. The van der Waals surface area contributed by atoms with Crippen molar-refractivity contribution in [1.82, 2.24) is 5.32 Å². The van der Waals surface area contributed by atoms with Crippen molar-refractivity contribution in [2.24, 2.45) is 5.92 Å². The molecule has 2 amide bonds. The molecule has 1 heterocycles. The van der Waals surface area contributed by atoms with E-state index < -0.39 is 5.92 Å². The molecule has 1 saturated heterocycles. The zero-order valence-corrected chi connectivity index (χ0v) is 13.4. The molecule has 0 bridgehead atoms. The molecule has 2 unspecified atom stereocenters. The Bertz CT molecular complexity index is 559. The molecule has 1 aromatic rings. The van der Waals surface area contributed by atoms with Gasteiger partial charge in [-0.3, -0.25) is 9.59 Å². The molecule has 0 aromatic heterocycles. The molecule has 0 saturated carbocycles. The van der Waals surface area contributed by atoms with E-state index >= 15 is 0 Å². The Morgan fingerprint density at radius 2 is 2.24 bits per heavy atom. The van der Waals surface area contributed by atoms with Crippen LogP contribution in [-0.2, 0) is 9.59 Å². The zero-order chi connectivity index (χ0) is 15.6. The van der Waals surface area contributed by atoms with Crippen LogP contribution in [0.2, 0.25) is 5.02 Å². The monoisotopic (exact) mass is 308 g/mol. The minimum atomic E-state index is -0.575. The first-order valence-electron chi connectivity index (χ1n) is 7.32. The maximum absolute atomic E-state index is 12.5. The van der Waals surface area contributed by atoms with Crippen LogP contribution in [-0.4, -0.2) is 24.4 Å². The Morgan fingerprint density at radius 3 is 2.86 bits per heavy atom. The third-order valence-corrected chi connectivity index (χ3v) is 4.21. The second-order valence-electron chi connectivity index (χ2n) is 5.58. The highest BCUT2D eigenvalue weighted by Gasteiger charge is 2.38. The molecular weight excluding hydrogens is 288 g/mol. The van der Waals surface area contributed by atoms with Crippen LogP contribution >= 0.6 is 11.6 Å². The fourth-order valence-corrected chi connectivity index (χ4v) is 2.76. The summed E-state index contributed by atoms with van der Waals surface area (Å²) >= 11 is 5.94. The molecule has 0 spiro atoms. The van der Waals surface area contributed by atoms with Crippen LogP contribution in [0.3, 0.4) is 0 Å². The molecule has 0 aliphatic carbocycles. The van der Waals surface area contributed by atoms with E-state index in [1.807, 2.05) is 32.9 Å². The summed E-state index contributed by atoms with van der Waals surface area (Å²) in [4.78, 5) is 26.3. The van der Waals surface area contributed by atoms with E-state index in [1.165, 1.54) is 0 Å². The summed E-state index contributed by atoms with van der Waals surface area (Å²) in [6.45, 7) is 6.43. The van der Waals surface area contributed by atoms with Crippen LogP contribution < -0.4 is 10.2 Å². The van der Waals surface area contributed by atoms with Crippen molar-refractivity contribution in [3.05, 3.63) is 28.8 Å². The minimum absolute atomic E-state index is 0.0941. The van der Waals surface area contributed by atoms with Crippen LogP contribution in [0.15, 0.2) is 18.2 Å². The quantitative estimate of drug-likeness (QED) is 0.870. The van der Waals surface area contributed by atoms with Crippen LogP contribution in [0.25, 0.3) is 0 Å². The minimum Gasteiger partial charge on any atom is -0.353 e. The lowest BCUT2D eigenvalue weighted by Gasteiger charge is -2.20. The molecule has 21 heavy (non-hydrogen) atoms. The summed E-state index contributed by atoms with van der Waals surface area (Å²) in [5.74, 6) is -0.862. The smallest absolute Gasteiger partial charge is 0.239 e. The number of benzene rings is 1. The number of halogens is 1. The molecule has 5 heteroatoms. The number of nitrogens with zero attached hydrogens (tertiary/aromatic N) is 1. The van der Waals surface area contributed by atoms with Gasteiger partial charge in [-0.15, -0.1) is 0 Å². The molecule has 2 atom stereocenters. The van der Waals surface area contributed by atoms with Crippen LogP contribution in [0, 0.1) is 12.8 Å². The van der Waals surface area contributed by atoms with Crippen molar-refractivity contribution < 1.29 is 9.59 Å².